The smallest absolute Gasteiger partial charge is 0.126 e. The number of ether oxygens (including phenoxy) is 1. The van der Waals surface area contributed by atoms with Crippen molar-refractivity contribution in [1.29, 1.82) is 0 Å². The van der Waals surface area contributed by atoms with Gasteiger partial charge in [0.15, 0.2) is 0 Å². The average Bonchev–Trinajstić information content (AvgIpc) is 2.68. The Morgan fingerprint density at radius 1 is 0.808 bits per heavy atom. The molecule has 0 atom stereocenters. The highest BCUT2D eigenvalue weighted by molar-refractivity contribution is 5.41. The summed E-state index contributed by atoms with van der Waals surface area (Å²) in [6.45, 7) is 10.1. The maximum atomic E-state index is 5.71. The van der Waals surface area contributed by atoms with Crippen molar-refractivity contribution in [2.24, 2.45) is 0 Å². The summed E-state index contributed by atoms with van der Waals surface area (Å²) < 4.78 is 5.71. The molecule has 0 unspecified atom stereocenters. The molecule has 0 saturated carbocycles. The summed E-state index contributed by atoms with van der Waals surface area (Å²) in [7, 11) is 6.03. The third-order valence-electron chi connectivity index (χ3n) is 4.27. The summed E-state index contributed by atoms with van der Waals surface area (Å²) in [6, 6.07) is 17.2. The summed E-state index contributed by atoms with van der Waals surface area (Å²) in [6.07, 6.45) is 0.993. The fourth-order valence-electron chi connectivity index (χ4n) is 2.94. The van der Waals surface area contributed by atoms with Crippen LogP contribution in [0.1, 0.15) is 37.5 Å². The number of aryl methyl sites for hydroxylation is 1. The van der Waals surface area contributed by atoms with Gasteiger partial charge in [-0.25, -0.2) is 0 Å². The van der Waals surface area contributed by atoms with Crippen molar-refractivity contribution in [2.45, 2.75) is 40.3 Å². The third kappa shape index (κ3) is 7.19. The first-order valence-electron chi connectivity index (χ1n) is 9.69. The van der Waals surface area contributed by atoms with Crippen LogP contribution in [0.5, 0.6) is 5.75 Å². The molecule has 0 aliphatic carbocycles. The average molecular weight is 357 g/mol. The van der Waals surface area contributed by atoms with E-state index in [2.05, 4.69) is 79.3 Å². The van der Waals surface area contributed by atoms with E-state index in [0.29, 0.717) is 0 Å². The first kappa shape index (κ1) is 22.2. The second-order valence-electron chi connectivity index (χ2n) is 6.46. The second-order valence-corrected chi connectivity index (χ2v) is 6.46. The SMILES string of the molecule is CC.CCc1cccc(CN(CCN(C)C)Cc2ccccc2)c1OC. The summed E-state index contributed by atoms with van der Waals surface area (Å²) in [5.41, 5.74) is 3.90. The number of likely N-dealkylation sites (N-methyl/N-ethyl adjacent to an activating group) is 1. The van der Waals surface area contributed by atoms with E-state index in [-0.39, 0.29) is 0 Å². The number of benzene rings is 2. The lowest BCUT2D eigenvalue weighted by Crippen LogP contribution is -2.31. The van der Waals surface area contributed by atoms with Crippen molar-refractivity contribution in [2.75, 3.05) is 34.3 Å². The van der Waals surface area contributed by atoms with Crippen molar-refractivity contribution in [3.05, 3.63) is 65.2 Å². The quantitative estimate of drug-likeness (QED) is 0.639. The zero-order valence-corrected chi connectivity index (χ0v) is 17.5. The van der Waals surface area contributed by atoms with E-state index in [4.69, 9.17) is 4.74 Å². The molecule has 0 heterocycles. The molecule has 0 radical (unpaired) electrons. The number of methoxy groups -OCH3 is 1. The number of hydrogen-bond donors (Lipinski definition) is 0. The Balaban J connectivity index is 0.00000163. The van der Waals surface area contributed by atoms with Gasteiger partial charge in [-0.1, -0.05) is 69.3 Å². The van der Waals surface area contributed by atoms with Crippen LogP contribution in [0, 0.1) is 0 Å². The van der Waals surface area contributed by atoms with Crippen LogP contribution in [0.2, 0.25) is 0 Å². The molecular formula is C23H36N2O. The molecule has 0 aliphatic heterocycles. The Morgan fingerprint density at radius 3 is 2.04 bits per heavy atom. The molecule has 0 aliphatic rings. The van der Waals surface area contributed by atoms with Crippen molar-refractivity contribution in [3.63, 3.8) is 0 Å². The topological polar surface area (TPSA) is 15.7 Å². The molecule has 2 aromatic carbocycles. The van der Waals surface area contributed by atoms with Gasteiger partial charge in [-0.2, -0.15) is 0 Å². The highest BCUT2D eigenvalue weighted by Gasteiger charge is 2.13. The van der Waals surface area contributed by atoms with Gasteiger partial charge in [0.2, 0.25) is 0 Å². The standard InChI is InChI=1S/C21H30N2O.C2H6/c1-5-19-12-9-13-20(21(19)24-4)17-23(15-14-22(2)3)16-18-10-7-6-8-11-18;1-2/h6-13H,5,14-17H2,1-4H3;1-2H3. The van der Waals surface area contributed by atoms with Crippen LogP contribution in [-0.2, 0) is 19.5 Å². The van der Waals surface area contributed by atoms with Crippen LogP contribution in [0.15, 0.2) is 48.5 Å². The summed E-state index contributed by atoms with van der Waals surface area (Å²) in [5.74, 6) is 1.04. The van der Waals surface area contributed by atoms with Gasteiger partial charge < -0.3 is 9.64 Å². The molecule has 0 fully saturated rings. The Morgan fingerprint density at radius 2 is 1.46 bits per heavy atom. The minimum atomic E-state index is 0.903. The van der Waals surface area contributed by atoms with E-state index in [1.165, 1.54) is 16.7 Å². The lowest BCUT2D eigenvalue weighted by atomic mass is 10.1. The lowest BCUT2D eigenvalue weighted by molar-refractivity contribution is 0.223. The fraction of sp³-hybridized carbons (Fsp3) is 0.478. The Hall–Kier alpha value is -1.84. The van der Waals surface area contributed by atoms with Gasteiger partial charge in [0.25, 0.3) is 0 Å². The normalized spacial score (nSPS) is 10.6. The first-order valence-corrected chi connectivity index (χ1v) is 9.69. The van der Waals surface area contributed by atoms with Crippen molar-refractivity contribution in [1.82, 2.24) is 9.80 Å². The number of para-hydroxylation sites is 1. The molecule has 26 heavy (non-hydrogen) atoms. The minimum absolute atomic E-state index is 0.903. The molecule has 144 valence electrons. The molecule has 0 amide bonds. The number of rotatable bonds is 9. The van der Waals surface area contributed by atoms with Gasteiger partial charge in [0.1, 0.15) is 5.75 Å². The van der Waals surface area contributed by atoms with Gasteiger partial charge in [-0.05, 0) is 31.6 Å². The van der Waals surface area contributed by atoms with Crippen LogP contribution in [0.4, 0.5) is 0 Å². The predicted molar refractivity (Wildman–Crippen MR) is 113 cm³/mol. The maximum absolute atomic E-state index is 5.71. The number of hydrogen-bond acceptors (Lipinski definition) is 3. The molecule has 0 saturated heterocycles. The Labute approximate surface area is 160 Å². The van der Waals surface area contributed by atoms with E-state index < -0.39 is 0 Å². The zero-order chi connectivity index (χ0) is 19.4. The Bertz CT molecular complexity index is 611. The fourth-order valence-corrected chi connectivity index (χ4v) is 2.94. The van der Waals surface area contributed by atoms with E-state index in [1.807, 2.05) is 13.8 Å². The molecule has 0 spiro atoms. The third-order valence-corrected chi connectivity index (χ3v) is 4.27. The summed E-state index contributed by atoms with van der Waals surface area (Å²) in [5, 5.41) is 0. The van der Waals surface area contributed by atoms with Crippen LogP contribution in [0.25, 0.3) is 0 Å². The molecule has 0 N–H and O–H groups in total. The predicted octanol–water partition coefficient (Wildman–Crippen LogP) is 4.85. The molecule has 0 bridgehead atoms. The van der Waals surface area contributed by atoms with Crippen LogP contribution in [0.3, 0.4) is 0 Å². The largest absolute Gasteiger partial charge is 0.496 e. The van der Waals surface area contributed by atoms with E-state index >= 15 is 0 Å². The van der Waals surface area contributed by atoms with E-state index in [0.717, 1.165) is 38.3 Å². The highest BCUT2D eigenvalue weighted by atomic mass is 16.5. The second kappa shape index (κ2) is 12.5. The van der Waals surface area contributed by atoms with Crippen molar-refractivity contribution in [3.8, 4) is 5.75 Å². The maximum Gasteiger partial charge on any atom is 0.126 e. The Kier molecular flexibility index (Phi) is 10.7. The summed E-state index contributed by atoms with van der Waals surface area (Å²) in [4.78, 5) is 4.73. The first-order chi connectivity index (χ1) is 12.6. The van der Waals surface area contributed by atoms with Crippen molar-refractivity contribution >= 4 is 0 Å². The van der Waals surface area contributed by atoms with Gasteiger partial charge in [0, 0.05) is 31.7 Å². The molecule has 2 aromatic rings. The van der Waals surface area contributed by atoms with E-state index in [1.54, 1.807) is 7.11 Å². The van der Waals surface area contributed by atoms with Gasteiger partial charge in [-0.3, -0.25) is 4.90 Å². The molecular weight excluding hydrogens is 320 g/mol. The van der Waals surface area contributed by atoms with Crippen LogP contribution >= 0.6 is 0 Å². The van der Waals surface area contributed by atoms with Gasteiger partial charge >= 0.3 is 0 Å². The number of nitrogens with zero attached hydrogens (tertiary/aromatic N) is 2. The van der Waals surface area contributed by atoms with Crippen molar-refractivity contribution < 1.29 is 4.74 Å². The minimum Gasteiger partial charge on any atom is -0.496 e. The molecule has 2 rings (SSSR count). The van der Waals surface area contributed by atoms with E-state index in [9.17, 15) is 0 Å². The molecule has 3 heteroatoms. The summed E-state index contributed by atoms with van der Waals surface area (Å²) >= 11 is 0. The lowest BCUT2D eigenvalue weighted by Gasteiger charge is -2.25. The van der Waals surface area contributed by atoms with Gasteiger partial charge in [0.05, 0.1) is 7.11 Å². The molecule has 0 aromatic heterocycles. The molecule has 3 nitrogen and oxygen atoms in total. The monoisotopic (exact) mass is 356 g/mol. The van der Waals surface area contributed by atoms with Gasteiger partial charge in [-0.15, -0.1) is 0 Å². The van der Waals surface area contributed by atoms with Crippen LogP contribution < -0.4 is 4.74 Å². The zero-order valence-electron chi connectivity index (χ0n) is 17.5. The van der Waals surface area contributed by atoms with Crippen LogP contribution in [-0.4, -0.2) is 44.1 Å². The highest BCUT2D eigenvalue weighted by Crippen LogP contribution is 2.26.